The maximum atomic E-state index is 11.5. The standard InChI is InChI=1S/C11H12ClN3O/c1-11(2,7-13)15-10(16)14-9-6-4-3-5-8(9)12/h3-6H,1-2H3,(H2,14,15,16). The number of hydrogen-bond acceptors (Lipinski definition) is 2. The third kappa shape index (κ3) is 3.44. The summed E-state index contributed by atoms with van der Waals surface area (Å²) in [6.07, 6.45) is 0. The Morgan fingerprint density at radius 3 is 2.62 bits per heavy atom. The predicted octanol–water partition coefficient (Wildman–Crippen LogP) is 2.76. The molecule has 0 saturated heterocycles. The Labute approximate surface area is 99.2 Å². The van der Waals surface area contributed by atoms with E-state index >= 15 is 0 Å². The number of rotatable bonds is 2. The highest BCUT2D eigenvalue weighted by Crippen LogP contribution is 2.20. The molecule has 5 heteroatoms. The quantitative estimate of drug-likeness (QED) is 0.831. The number of amides is 2. The fraction of sp³-hybridized carbons (Fsp3) is 0.273. The maximum Gasteiger partial charge on any atom is 0.320 e. The summed E-state index contributed by atoms with van der Waals surface area (Å²) < 4.78 is 0. The Morgan fingerprint density at radius 2 is 2.06 bits per heavy atom. The molecule has 16 heavy (non-hydrogen) atoms. The normalized spacial score (nSPS) is 10.4. The zero-order valence-electron chi connectivity index (χ0n) is 9.04. The zero-order valence-corrected chi connectivity index (χ0v) is 9.80. The molecule has 2 N–H and O–H groups in total. The highest BCUT2D eigenvalue weighted by atomic mass is 35.5. The van der Waals surface area contributed by atoms with E-state index in [9.17, 15) is 4.79 Å². The summed E-state index contributed by atoms with van der Waals surface area (Å²) in [4.78, 5) is 11.5. The summed E-state index contributed by atoms with van der Waals surface area (Å²) in [6, 6.07) is 8.39. The topological polar surface area (TPSA) is 64.9 Å². The number of nitrogens with one attached hydrogen (secondary N) is 2. The largest absolute Gasteiger partial charge is 0.320 e. The molecule has 2 amide bonds. The Balaban J connectivity index is 2.67. The van der Waals surface area contributed by atoms with Crippen molar-refractivity contribution in [2.24, 2.45) is 0 Å². The molecule has 0 saturated carbocycles. The van der Waals surface area contributed by atoms with Crippen LogP contribution in [0.3, 0.4) is 0 Å². The first-order valence-electron chi connectivity index (χ1n) is 4.69. The summed E-state index contributed by atoms with van der Waals surface area (Å²) in [6.45, 7) is 3.22. The van der Waals surface area contributed by atoms with Crippen LogP contribution in [-0.2, 0) is 0 Å². The van der Waals surface area contributed by atoms with Crippen molar-refractivity contribution in [1.82, 2.24) is 5.32 Å². The summed E-state index contributed by atoms with van der Waals surface area (Å²) in [5, 5.41) is 14.3. The van der Waals surface area contributed by atoms with Gasteiger partial charge >= 0.3 is 6.03 Å². The van der Waals surface area contributed by atoms with Gasteiger partial charge in [-0.3, -0.25) is 0 Å². The lowest BCUT2D eigenvalue weighted by atomic mass is 10.1. The second-order valence-corrected chi connectivity index (χ2v) is 4.20. The van der Waals surface area contributed by atoms with Crippen LogP contribution in [0.15, 0.2) is 24.3 Å². The van der Waals surface area contributed by atoms with E-state index in [0.29, 0.717) is 10.7 Å². The van der Waals surface area contributed by atoms with E-state index in [1.165, 1.54) is 0 Å². The first-order valence-corrected chi connectivity index (χ1v) is 5.07. The van der Waals surface area contributed by atoms with E-state index in [1.807, 2.05) is 6.07 Å². The summed E-state index contributed by atoms with van der Waals surface area (Å²) in [5.41, 5.74) is -0.402. The zero-order chi connectivity index (χ0) is 12.2. The molecule has 0 aliphatic carbocycles. The molecule has 1 rings (SSSR count). The van der Waals surface area contributed by atoms with E-state index in [-0.39, 0.29) is 0 Å². The molecule has 0 aromatic heterocycles. The molecule has 0 bridgehead atoms. The molecule has 0 radical (unpaired) electrons. The second kappa shape index (κ2) is 4.86. The highest BCUT2D eigenvalue weighted by Gasteiger charge is 2.19. The molecule has 0 spiro atoms. The Morgan fingerprint density at radius 1 is 1.44 bits per heavy atom. The minimum atomic E-state index is -0.911. The van der Waals surface area contributed by atoms with Crippen LogP contribution in [0.25, 0.3) is 0 Å². The second-order valence-electron chi connectivity index (χ2n) is 3.80. The smallest absolute Gasteiger partial charge is 0.320 e. The number of anilines is 1. The lowest BCUT2D eigenvalue weighted by molar-refractivity contribution is 0.246. The van der Waals surface area contributed by atoms with E-state index in [0.717, 1.165) is 0 Å². The minimum absolute atomic E-state index is 0.451. The molecule has 0 fully saturated rings. The lowest BCUT2D eigenvalue weighted by Gasteiger charge is -2.18. The van der Waals surface area contributed by atoms with E-state index in [2.05, 4.69) is 10.6 Å². The van der Waals surface area contributed by atoms with Gasteiger partial charge in [0.1, 0.15) is 5.54 Å². The molecule has 84 valence electrons. The van der Waals surface area contributed by atoms with Crippen LogP contribution >= 0.6 is 11.6 Å². The van der Waals surface area contributed by atoms with Crippen LogP contribution in [0.1, 0.15) is 13.8 Å². The van der Waals surface area contributed by atoms with Crippen LogP contribution in [0.4, 0.5) is 10.5 Å². The van der Waals surface area contributed by atoms with Gasteiger partial charge in [0.15, 0.2) is 0 Å². The number of urea groups is 1. The van der Waals surface area contributed by atoms with Crippen molar-refractivity contribution in [3.63, 3.8) is 0 Å². The summed E-state index contributed by atoms with van der Waals surface area (Å²) in [5.74, 6) is 0. The van der Waals surface area contributed by atoms with Gasteiger partial charge in [-0.2, -0.15) is 5.26 Å². The first-order chi connectivity index (χ1) is 7.44. The Kier molecular flexibility index (Phi) is 3.75. The monoisotopic (exact) mass is 237 g/mol. The van der Waals surface area contributed by atoms with Gasteiger partial charge in [-0.15, -0.1) is 0 Å². The third-order valence-electron chi connectivity index (χ3n) is 1.83. The Bertz CT molecular complexity index is 437. The van der Waals surface area contributed by atoms with Crippen molar-refractivity contribution in [1.29, 1.82) is 5.26 Å². The van der Waals surface area contributed by atoms with Gasteiger partial charge < -0.3 is 10.6 Å². The van der Waals surface area contributed by atoms with Gasteiger partial charge in [-0.1, -0.05) is 23.7 Å². The van der Waals surface area contributed by atoms with Crippen molar-refractivity contribution >= 4 is 23.3 Å². The number of carbonyl (C=O) groups is 1. The number of para-hydroxylation sites is 1. The van der Waals surface area contributed by atoms with Gasteiger partial charge in [-0.25, -0.2) is 4.79 Å². The number of benzene rings is 1. The molecular weight excluding hydrogens is 226 g/mol. The third-order valence-corrected chi connectivity index (χ3v) is 2.16. The average molecular weight is 238 g/mol. The molecule has 4 nitrogen and oxygen atoms in total. The van der Waals surface area contributed by atoms with E-state index < -0.39 is 11.6 Å². The number of halogens is 1. The Hall–Kier alpha value is -1.73. The van der Waals surface area contributed by atoms with Crippen LogP contribution < -0.4 is 10.6 Å². The van der Waals surface area contributed by atoms with Gasteiger partial charge in [0.25, 0.3) is 0 Å². The predicted molar refractivity (Wildman–Crippen MR) is 63.3 cm³/mol. The molecule has 0 aliphatic heterocycles. The molecule has 0 heterocycles. The molecule has 0 aliphatic rings. The summed E-state index contributed by atoms with van der Waals surface area (Å²) >= 11 is 5.87. The lowest BCUT2D eigenvalue weighted by Crippen LogP contribution is -2.44. The number of carbonyl (C=O) groups excluding carboxylic acids is 1. The van der Waals surface area contributed by atoms with Gasteiger partial charge in [0.05, 0.1) is 16.8 Å². The van der Waals surface area contributed by atoms with Crippen molar-refractivity contribution < 1.29 is 4.79 Å². The molecule has 1 aromatic rings. The molecule has 0 atom stereocenters. The number of hydrogen-bond donors (Lipinski definition) is 2. The SMILES string of the molecule is CC(C)(C#N)NC(=O)Nc1ccccc1Cl. The van der Waals surface area contributed by atoms with Crippen LogP contribution in [-0.4, -0.2) is 11.6 Å². The number of nitrogens with zero attached hydrogens (tertiary/aromatic N) is 1. The molecular formula is C11H12ClN3O. The van der Waals surface area contributed by atoms with Crippen molar-refractivity contribution in [3.05, 3.63) is 29.3 Å². The van der Waals surface area contributed by atoms with Crippen LogP contribution in [0.5, 0.6) is 0 Å². The van der Waals surface area contributed by atoms with Crippen molar-refractivity contribution in [2.75, 3.05) is 5.32 Å². The van der Waals surface area contributed by atoms with Gasteiger partial charge in [0, 0.05) is 0 Å². The summed E-state index contributed by atoms with van der Waals surface area (Å²) in [7, 11) is 0. The highest BCUT2D eigenvalue weighted by molar-refractivity contribution is 6.33. The van der Waals surface area contributed by atoms with E-state index in [1.54, 1.807) is 38.1 Å². The average Bonchev–Trinajstić information content (AvgIpc) is 2.21. The van der Waals surface area contributed by atoms with Gasteiger partial charge in [0.2, 0.25) is 0 Å². The fourth-order valence-corrected chi connectivity index (χ4v) is 1.21. The van der Waals surface area contributed by atoms with Crippen LogP contribution in [0, 0.1) is 11.3 Å². The molecule has 1 aromatic carbocycles. The van der Waals surface area contributed by atoms with E-state index in [4.69, 9.17) is 16.9 Å². The number of nitriles is 1. The first kappa shape index (κ1) is 12.3. The van der Waals surface area contributed by atoms with Crippen LogP contribution in [0.2, 0.25) is 5.02 Å². The molecule has 0 unspecified atom stereocenters. The van der Waals surface area contributed by atoms with Crippen molar-refractivity contribution in [2.45, 2.75) is 19.4 Å². The van der Waals surface area contributed by atoms with Crippen molar-refractivity contribution in [3.8, 4) is 6.07 Å². The minimum Gasteiger partial charge on any atom is -0.320 e. The fourth-order valence-electron chi connectivity index (χ4n) is 1.03. The maximum absolute atomic E-state index is 11.5. The van der Waals surface area contributed by atoms with Gasteiger partial charge in [-0.05, 0) is 26.0 Å².